The van der Waals surface area contributed by atoms with Crippen LogP contribution in [0.4, 0.5) is 5.69 Å². The SMILES string of the molecule is Cc1c(-c2ccccc2)nc2ccc(Br)cc2c1C(=O)Nc1ccnc(C(C)CC(=O)O)c1. The van der Waals surface area contributed by atoms with E-state index in [9.17, 15) is 9.59 Å². The van der Waals surface area contributed by atoms with Crippen molar-refractivity contribution < 1.29 is 14.7 Å². The van der Waals surface area contributed by atoms with E-state index in [1.54, 1.807) is 25.3 Å². The molecule has 0 saturated carbocycles. The standard InChI is InChI=1S/C26H22BrN3O3/c1-15(12-23(31)32)22-14-19(10-11-28-22)29-26(33)24-16(2)25(17-6-4-3-5-7-17)30-21-9-8-18(27)13-20(21)24/h3-11,13-15H,12H2,1-2H3,(H,31,32)(H,28,29,33). The third kappa shape index (κ3) is 4.93. The Morgan fingerprint density at radius 3 is 2.58 bits per heavy atom. The molecule has 1 amide bonds. The summed E-state index contributed by atoms with van der Waals surface area (Å²) in [5.41, 5.74) is 4.89. The van der Waals surface area contributed by atoms with Gasteiger partial charge < -0.3 is 10.4 Å². The van der Waals surface area contributed by atoms with Crippen LogP contribution in [0.25, 0.3) is 22.2 Å². The Labute approximate surface area is 199 Å². The van der Waals surface area contributed by atoms with Crippen LogP contribution >= 0.6 is 15.9 Å². The van der Waals surface area contributed by atoms with E-state index in [1.807, 2.05) is 55.5 Å². The molecule has 33 heavy (non-hydrogen) atoms. The molecule has 0 fully saturated rings. The van der Waals surface area contributed by atoms with Crippen molar-refractivity contribution in [1.82, 2.24) is 9.97 Å². The van der Waals surface area contributed by atoms with Crippen molar-refractivity contribution in [2.45, 2.75) is 26.2 Å². The van der Waals surface area contributed by atoms with E-state index in [1.165, 1.54) is 0 Å². The van der Waals surface area contributed by atoms with Gasteiger partial charge in [0.25, 0.3) is 5.91 Å². The van der Waals surface area contributed by atoms with Gasteiger partial charge in [-0.05, 0) is 42.8 Å². The third-order valence-corrected chi connectivity index (χ3v) is 5.98. The minimum Gasteiger partial charge on any atom is -0.481 e. The minimum atomic E-state index is -0.892. The van der Waals surface area contributed by atoms with Crippen LogP contribution in [0.5, 0.6) is 0 Å². The van der Waals surface area contributed by atoms with E-state index >= 15 is 0 Å². The molecule has 0 aliphatic heterocycles. The van der Waals surface area contributed by atoms with Crippen LogP contribution in [0.3, 0.4) is 0 Å². The van der Waals surface area contributed by atoms with Crippen molar-refractivity contribution in [3.8, 4) is 11.3 Å². The Bertz CT molecular complexity index is 1360. The normalized spacial score (nSPS) is 11.8. The molecule has 0 radical (unpaired) electrons. The number of nitrogens with one attached hydrogen (secondary N) is 1. The minimum absolute atomic E-state index is 0.0348. The monoisotopic (exact) mass is 503 g/mol. The molecule has 0 spiro atoms. The summed E-state index contributed by atoms with van der Waals surface area (Å²) < 4.78 is 0.853. The summed E-state index contributed by atoms with van der Waals surface area (Å²) in [5, 5.41) is 12.8. The van der Waals surface area contributed by atoms with Crippen LogP contribution in [0.2, 0.25) is 0 Å². The second-order valence-electron chi connectivity index (χ2n) is 7.91. The number of carboxylic acid groups (broad SMARTS) is 1. The van der Waals surface area contributed by atoms with Crippen LogP contribution < -0.4 is 5.32 Å². The predicted octanol–water partition coefficient (Wildman–Crippen LogP) is 6.20. The lowest BCUT2D eigenvalue weighted by atomic mass is 9.97. The zero-order valence-corrected chi connectivity index (χ0v) is 19.8. The van der Waals surface area contributed by atoms with Gasteiger partial charge in [-0.25, -0.2) is 4.98 Å². The molecular formula is C26H22BrN3O3. The van der Waals surface area contributed by atoms with E-state index in [0.29, 0.717) is 16.9 Å². The Morgan fingerprint density at radius 2 is 1.85 bits per heavy atom. The average molecular weight is 504 g/mol. The number of nitrogens with zero attached hydrogens (tertiary/aromatic N) is 2. The number of benzene rings is 2. The third-order valence-electron chi connectivity index (χ3n) is 5.49. The lowest BCUT2D eigenvalue weighted by Gasteiger charge is -2.16. The topological polar surface area (TPSA) is 92.2 Å². The summed E-state index contributed by atoms with van der Waals surface area (Å²) in [6.07, 6.45) is 1.54. The lowest BCUT2D eigenvalue weighted by molar-refractivity contribution is -0.137. The van der Waals surface area contributed by atoms with Crippen LogP contribution in [-0.2, 0) is 4.79 Å². The number of rotatable bonds is 6. The summed E-state index contributed by atoms with van der Waals surface area (Å²) in [6.45, 7) is 3.70. The maximum atomic E-state index is 13.5. The molecule has 4 rings (SSSR count). The van der Waals surface area contributed by atoms with Crippen molar-refractivity contribution in [1.29, 1.82) is 0 Å². The van der Waals surface area contributed by atoms with Crippen molar-refractivity contribution >= 4 is 44.4 Å². The molecule has 2 heterocycles. The number of amides is 1. The summed E-state index contributed by atoms with van der Waals surface area (Å²) in [4.78, 5) is 33.7. The first kappa shape index (κ1) is 22.6. The number of halogens is 1. The molecule has 2 aromatic heterocycles. The quantitative estimate of drug-likeness (QED) is 0.326. The number of fused-ring (bicyclic) bond motifs is 1. The molecule has 2 aromatic carbocycles. The Morgan fingerprint density at radius 1 is 1.09 bits per heavy atom. The first-order valence-corrected chi connectivity index (χ1v) is 11.3. The number of carbonyl (C=O) groups is 2. The Balaban J connectivity index is 1.77. The second kappa shape index (κ2) is 9.50. The summed E-state index contributed by atoms with van der Waals surface area (Å²) in [6, 6.07) is 18.9. The van der Waals surface area contributed by atoms with Crippen molar-refractivity contribution in [3.63, 3.8) is 0 Å². The predicted molar refractivity (Wildman–Crippen MR) is 132 cm³/mol. The first-order chi connectivity index (χ1) is 15.8. The highest BCUT2D eigenvalue weighted by molar-refractivity contribution is 9.10. The number of carboxylic acids is 1. The molecule has 6 nitrogen and oxygen atoms in total. The van der Waals surface area contributed by atoms with Crippen molar-refractivity contribution in [2.75, 3.05) is 5.32 Å². The Kier molecular flexibility index (Phi) is 6.51. The van der Waals surface area contributed by atoms with Gasteiger partial charge >= 0.3 is 5.97 Å². The highest BCUT2D eigenvalue weighted by atomic mass is 79.9. The van der Waals surface area contributed by atoms with E-state index in [2.05, 4.69) is 26.2 Å². The summed E-state index contributed by atoms with van der Waals surface area (Å²) in [5.74, 6) is -1.43. The van der Waals surface area contributed by atoms with E-state index in [-0.39, 0.29) is 18.2 Å². The van der Waals surface area contributed by atoms with Crippen LogP contribution in [0, 0.1) is 6.92 Å². The van der Waals surface area contributed by atoms with Crippen molar-refractivity contribution in [3.05, 3.63) is 88.2 Å². The lowest BCUT2D eigenvalue weighted by Crippen LogP contribution is -2.16. The molecule has 0 aliphatic carbocycles. The van der Waals surface area contributed by atoms with Gasteiger partial charge in [0.05, 0.1) is 23.2 Å². The Hall–Kier alpha value is -3.58. The molecule has 2 N–H and O–H groups in total. The fourth-order valence-electron chi connectivity index (χ4n) is 3.86. The van der Waals surface area contributed by atoms with Gasteiger partial charge in [-0.1, -0.05) is 53.2 Å². The average Bonchev–Trinajstić information content (AvgIpc) is 2.79. The fraction of sp³-hybridized carbons (Fsp3) is 0.154. The first-order valence-electron chi connectivity index (χ1n) is 10.5. The maximum Gasteiger partial charge on any atom is 0.304 e. The summed E-state index contributed by atoms with van der Waals surface area (Å²) >= 11 is 3.50. The number of aliphatic carboxylic acids is 1. The molecule has 0 aliphatic rings. The van der Waals surface area contributed by atoms with Crippen molar-refractivity contribution in [2.24, 2.45) is 0 Å². The molecule has 1 unspecified atom stereocenters. The van der Waals surface area contributed by atoms with Crippen LogP contribution in [-0.4, -0.2) is 27.0 Å². The fourth-order valence-corrected chi connectivity index (χ4v) is 4.22. The largest absolute Gasteiger partial charge is 0.481 e. The van der Waals surface area contributed by atoms with E-state index in [0.717, 1.165) is 32.2 Å². The van der Waals surface area contributed by atoms with Gasteiger partial charge in [0.1, 0.15) is 0 Å². The highest BCUT2D eigenvalue weighted by Crippen LogP contribution is 2.32. The molecule has 166 valence electrons. The van der Waals surface area contributed by atoms with Gasteiger partial charge in [-0.15, -0.1) is 0 Å². The highest BCUT2D eigenvalue weighted by Gasteiger charge is 2.20. The van der Waals surface area contributed by atoms with E-state index in [4.69, 9.17) is 10.1 Å². The maximum absolute atomic E-state index is 13.5. The number of hydrogen-bond acceptors (Lipinski definition) is 4. The number of pyridine rings is 2. The number of hydrogen-bond donors (Lipinski definition) is 2. The van der Waals surface area contributed by atoms with Gasteiger partial charge in [0, 0.05) is 38.9 Å². The molecule has 7 heteroatoms. The molecular weight excluding hydrogens is 482 g/mol. The van der Waals surface area contributed by atoms with E-state index < -0.39 is 5.97 Å². The smallest absolute Gasteiger partial charge is 0.304 e. The summed E-state index contributed by atoms with van der Waals surface area (Å²) in [7, 11) is 0. The zero-order chi connectivity index (χ0) is 23.5. The molecule has 4 aromatic rings. The van der Waals surface area contributed by atoms with Gasteiger partial charge in [-0.2, -0.15) is 0 Å². The van der Waals surface area contributed by atoms with Gasteiger partial charge in [0.15, 0.2) is 0 Å². The second-order valence-corrected chi connectivity index (χ2v) is 8.83. The number of carbonyl (C=O) groups excluding carboxylic acids is 1. The van der Waals surface area contributed by atoms with Crippen LogP contribution in [0.15, 0.2) is 71.3 Å². The number of anilines is 1. The zero-order valence-electron chi connectivity index (χ0n) is 18.2. The molecule has 0 saturated heterocycles. The molecule has 1 atom stereocenters. The van der Waals surface area contributed by atoms with Crippen LogP contribution in [0.1, 0.15) is 40.9 Å². The van der Waals surface area contributed by atoms with Gasteiger partial charge in [0.2, 0.25) is 0 Å². The number of aromatic nitrogens is 2. The van der Waals surface area contributed by atoms with Gasteiger partial charge in [-0.3, -0.25) is 14.6 Å². The molecule has 0 bridgehead atoms.